The second-order valence-corrected chi connectivity index (χ2v) is 7.05. The number of ether oxygens (including phenoxy) is 1. The predicted molar refractivity (Wildman–Crippen MR) is 96.9 cm³/mol. The summed E-state index contributed by atoms with van der Waals surface area (Å²) < 4.78 is 8.63. The minimum absolute atomic E-state index is 0.417. The van der Waals surface area contributed by atoms with Gasteiger partial charge in [-0.05, 0) is 62.5 Å². The number of halogens is 3. The summed E-state index contributed by atoms with van der Waals surface area (Å²) in [5, 5.41) is 3.27. The molecule has 0 aliphatic heterocycles. The Kier molecular flexibility index (Phi) is 6.51. The molecule has 0 spiro atoms. The third-order valence-corrected chi connectivity index (χ3v) is 4.33. The van der Waals surface area contributed by atoms with Gasteiger partial charge in [-0.3, -0.25) is 0 Å². The summed E-state index contributed by atoms with van der Waals surface area (Å²) in [6.45, 7) is 3.46. The van der Waals surface area contributed by atoms with Crippen LogP contribution < -0.4 is 10.1 Å². The van der Waals surface area contributed by atoms with Crippen molar-refractivity contribution in [3.05, 3.63) is 49.4 Å². The van der Waals surface area contributed by atoms with Crippen LogP contribution in [0.3, 0.4) is 0 Å². The van der Waals surface area contributed by atoms with Crippen LogP contribution in [0.5, 0.6) is 5.75 Å². The van der Waals surface area contributed by atoms with Gasteiger partial charge in [0.05, 0.1) is 14.6 Å². The van der Waals surface area contributed by atoms with Gasteiger partial charge >= 0.3 is 0 Å². The minimum Gasteiger partial charge on any atom is -0.485 e. The molecule has 0 saturated heterocycles. The van der Waals surface area contributed by atoms with Gasteiger partial charge in [-0.1, -0.05) is 28.9 Å². The number of nitrogens with one attached hydrogen (secondary N) is 1. The van der Waals surface area contributed by atoms with Gasteiger partial charge in [0.1, 0.15) is 18.2 Å². The monoisotopic (exact) mass is 476 g/mol. The molecule has 0 fully saturated rings. The maximum absolute atomic E-state index is 5.86. The molecule has 3 nitrogen and oxygen atoms in total. The normalized spacial score (nSPS) is 10.5. The highest BCUT2D eigenvalue weighted by atomic mass is 79.9. The van der Waals surface area contributed by atoms with E-state index in [-0.39, 0.29) is 0 Å². The van der Waals surface area contributed by atoms with Crippen LogP contribution in [-0.2, 0) is 6.61 Å². The van der Waals surface area contributed by atoms with E-state index in [0.717, 1.165) is 43.6 Å². The van der Waals surface area contributed by atoms with Crippen LogP contribution in [0, 0.1) is 0 Å². The fourth-order valence-electron chi connectivity index (χ4n) is 1.72. The molecule has 0 amide bonds. The fraction of sp³-hybridized carbons (Fsp3) is 0.267. The summed E-state index contributed by atoms with van der Waals surface area (Å²) in [6.07, 6.45) is 1.07. The van der Waals surface area contributed by atoms with E-state index in [4.69, 9.17) is 4.74 Å². The third-order valence-electron chi connectivity index (χ3n) is 2.69. The van der Waals surface area contributed by atoms with Crippen molar-refractivity contribution in [2.45, 2.75) is 20.0 Å². The van der Waals surface area contributed by atoms with Crippen molar-refractivity contribution in [2.24, 2.45) is 0 Å². The topological polar surface area (TPSA) is 34.1 Å². The molecule has 1 aromatic heterocycles. The Morgan fingerprint density at radius 2 is 1.86 bits per heavy atom. The van der Waals surface area contributed by atoms with Crippen molar-refractivity contribution in [1.29, 1.82) is 0 Å². The van der Waals surface area contributed by atoms with Crippen LogP contribution in [0.2, 0.25) is 0 Å². The zero-order valence-electron chi connectivity index (χ0n) is 11.5. The van der Waals surface area contributed by atoms with Gasteiger partial charge in [-0.2, -0.15) is 0 Å². The fourth-order valence-corrected chi connectivity index (χ4v) is 4.21. The summed E-state index contributed by atoms with van der Waals surface area (Å²) >= 11 is 10.4. The summed E-state index contributed by atoms with van der Waals surface area (Å²) in [6, 6.07) is 9.80. The van der Waals surface area contributed by atoms with Crippen LogP contribution >= 0.6 is 47.8 Å². The van der Waals surface area contributed by atoms with Crippen molar-refractivity contribution >= 4 is 53.6 Å². The van der Waals surface area contributed by atoms with Gasteiger partial charge in [-0.25, -0.2) is 4.98 Å². The highest BCUT2D eigenvalue weighted by Crippen LogP contribution is 2.36. The zero-order valence-corrected chi connectivity index (χ0v) is 16.3. The van der Waals surface area contributed by atoms with E-state index in [1.807, 2.05) is 30.3 Å². The van der Waals surface area contributed by atoms with Crippen LogP contribution in [-0.4, -0.2) is 11.5 Å². The van der Waals surface area contributed by atoms with E-state index in [1.165, 1.54) is 0 Å². The van der Waals surface area contributed by atoms with Crippen molar-refractivity contribution in [3.63, 3.8) is 0 Å². The van der Waals surface area contributed by atoms with E-state index in [9.17, 15) is 0 Å². The number of aromatic nitrogens is 1. The lowest BCUT2D eigenvalue weighted by atomic mass is 10.3. The molecule has 0 unspecified atom stereocenters. The first-order valence-electron chi connectivity index (χ1n) is 6.57. The van der Waals surface area contributed by atoms with Crippen molar-refractivity contribution in [1.82, 2.24) is 4.98 Å². The second kappa shape index (κ2) is 8.15. The molecule has 2 aromatic rings. The summed E-state index contributed by atoms with van der Waals surface area (Å²) in [5.74, 6) is 1.65. The first-order valence-corrected chi connectivity index (χ1v) is 8.95. The van der Waals surface area contributed by atoms with Gasteiger partial charge in [0.25, 0.3) is 0 Å². The molecule has 0 saturated carbocycles. The Labute approximate surface area is 149 Å². The number of anilines is 1. The average Bonchev–Trinajstić information content (AvgIpc) is 2.44. The summed E-state index contributed by atoms with van der Waals surface area (Å²) in [5.41, 5.74) is 0.887. The lowest BCUT2D eigenvalue weighted by Gasteiger charge is -2.11. The standard InChI is InChI=1S/C15H15Br3N2O/c1-2-6-19-14-5-3-4-11(20-14)9-21-15-12(17)7-10(16)8-13(15)18/h3-5,7-8H,2,6,9H2,1H3,(H,19,20). The first kappa shape index (κ1) is 16.8. The molecule has 112 valence electrons. The van der Waals surface area contributed by atoms with Crippen molar-refractivity contribution in [2.75, 3.05) is 11.9 Å². The Hall–Kier alpha value is -0.590. The lowest BCUT2D eigenvalue weighted by molar-refractivity contribution is 0.297. The summed E-state index contributed by atoms with van der Waals surface area (Å²) in [7, 11) is 0. The molecule has 0 bridgehead atoms. The van der Waals surface area contributed by atoms with E-state index >= 15 is 0 Å². The van der Waals surface area contributed by atoms with E-state index < -0.39 is 0 Å². The predicted octanol–water partition coefficient (Wildman–Crippen LogP) is 5.77. The highest BCUT2D eigenvalue weighted by molar-refractivity contribution is 9.11. The Morgan fingerprint density at radius 1 is 1.14 bits per heavy atom. The first-order chi connectivity index (χ1) is 10.1. The van der Waals surface area contributed by atoms with Crippen LogP contribution in [0.15, 0.2) is 43.7 Å². The quantitative estimate of drug-likeness (QED) is 0.572. The SMILES string of the molecule is CCCNc1cccc(COc2c(Br)cc(Br)cc2Br)n1. The number of hydrogen-bond acceptors (Lipinski definition) is 3. The maximum Gasteiger partial charge on any atom is 0.148 e. The Morgan fingerprint density at radius 3 is 2.52 bits per heavy atom. The molecule has 6 heteroatoms. The molecule has 1 heterocycles. The second-order valence-electron chi connectivity index (χ2n) is 4.43. The molecule has 0 radical (unpaired) electrons. The largest absolute Gasteiger partial charge is 0.485 e. The van der Waals surface area contributed by atoms with Crippen LogP contribution in [0.25, 0.3) is 0 Å². The molecule has 21 heavy (non-hydrogen) atoms. The van der Waals surface area contributed by atoms with Gasteiger partial charge in [0.15, 0.2) is 0 Å². The van der Waals surface area contributed by atoms with E-state index in [1.54, 1.807) is 0 Å². The third kappa shape index (κ3) is 4.97. The lowest BCUT2D eigenvalue weighted by Crippen LogP contribution is -2.05. The molecule has 2 rings (SSSR count). The summed E-state index contributed by atoms with van der Waals surface area (Å²) in [4.78, 5) is 4.53. The van der Waals surface area contributed by atoms with Crippen molar-refractivity contribution < 1.29 is 4.74 Å². The molecule has 1 N–H and O–H groups in total. The molecular formula is C15H15Br3N2O. The molecular weight excluding hydrogens is 464 g/mol. The number of rotatable bonds is 6. The van der Waals surface area contributed by atoms with Crippen LogP contribution in [0.4, 0.5) is 5.82 Å². The van der Waals surface area contributed by atoms with E-state index in [2.05, 4.69) is 65.0 Å². The van der Waals surface area contributed by atoms with Crippen molar-refractivity contribution in [3.8, 4) is 5.75 Å². The highest BCUT2D eigenvalue weighted by Gasteiger charge is 2.09. The minimum atomic E-state index is 0.417. The van der Waals surface area contributed by atoms with Gasteiger partial charge < -0.3 is 10.1 Å². The molecule has 0 aliphatic carbocycles. The molecule has 0 aliphatic rings. The van der Waals surface area contributed by atoms with Gasteiger partial charge in [0, 0.05) is 11.0 Å². The zero-order chi connectivity index (χ0) is 15.2. The smallest absolute Gasteiger partial charge is 0.148 e. The average molecular weight is 479 g/mol. The van der Waals surface area contributed by atoms with Crippen LogP contribution in [0.1, 0.15) is 19.0 Å². The molecule has 0 atom stereocenters. The number of benzene rings is 1. The van der Waals surface area contributed by atoms with E-state index in [0.29, 0.717) is 6.61 Å². The number of nitrogens with zero attached hydrogens (tertiary/aromatic N) is 1. The molecule has 1 aromatic carbocycles. The van der Waals surface area contributed by atoms with Gasteiger partial charge in [-0.15, -0.1) is 0 Å². The Balaban J connectivity index is 2.06. The maximum atomic E-state index is 5.86. The Bertz CT molecular complexity index is 597. The van der Waals surface area contributed by atoms with Gasteiger partial charge in [0.2, 0.25) is 0 Å². The number of hydrogen-bond donors (Lipinski definition) is 1. The number of pyridine rings is 1.